The lowest BCUT2D eigenvalue weighted by Gasteiger charge is -2.09. The molecular formula is C21H27NO3. The predicted octanol–water partition coefficient (Wildman–Crippen LogP) is 3.83. The van der Waals surface area contributed by atoms with Crippen LogP contribution in [-0.4, -0.2) is 25.7 Å². The van der Waals surface area contributed by atoms with Crippen LogP contribution in [0.5, 0.6) is 11.5 Å². The van der Waals surface area contributed by atoms with Crippen LogP contribution in [0.3, 0.4) is 0 Å². The second-order valence-electron chi connectivity index (χ2n) is 6.07. The zero-order chi connectivity index (χ0) is 18.1. The summed E-state index contributed by atoms with van der Waals surface area (Å²) in [5, 5.41) is 2.89. The Kier molecular flexibility index (Phi) is 7.33. The SMILES string of the molecule is CCOc1ccc(CCCNC(=O)COc2ccc(C)c(C)c2)cc1. The summed E-state index contributed by atoms with van der Waals surface area (Å²) in [5.74, 6) is 1.53. The fourth-order valence-electron chi connectivity index (χ4n) is 2.44. The van der Waals surface area contributed by atoms with E-state index in [0.717, 1.165) is 29.9 Å². The molecule has 2 aromatic carbocycles. The average molecular weight is 341 g/mol. The molecule has 2 rings (SSSR count). The molecule has 0 saturated carbocycles. The Morgan fingerprint density at radius 1 is 0.960 bits per heavy atom. The molecular weight excluding hydrogens is 314 g/mol. The third-order valence-corrected chi connectivity index (χ3v) is 4.05. The molecule has 4 nitrogen and oxygen atoms in total. The van der Waals surface area contributed by atoms with E-state index in [1.54, 1.807) is 0 Å². The molecule has 0 bridgehead atoms. The molecule has 25 heavy (non-hydrogen) atoms. The third-order valence-electron chi connectivity index (χ3n) is 4.05. The average Bonchev–Trinajstić information content (AvgIpc) is 2.61. The van der Waals surface area contributed by atoms with Crippen molar-refractivity contribution in [2.75, 3.05) is 19.8 Å². The number of amides is 1. The molecule has 0 spiro atoms. The zero-order valence-electron chi connectivity index (χ0n) is 15.3. The van der Waals surface area contributed by atoms with Gasteiger partial charge in [-0.3, -0.25) is 4.79 Å². The highest BCUT2D eigenvalue weighted by Gasteiger charge is 2.03. The molecule has 1 amide bonds. The second kappa shape index (κ2) is 9.72. The number of ether oxygens (including phenoxy) is 2. The number of carbonyl (C=O) groups excluding carboxylic acids is 1. The lowest BCUT2D eigenvalue weighted by molar-refractivity contribution is -0.123. The van der Waals surface area contributed by atoms with E-state index in [2.05, 4.69) is 24.4 Å². The Morgan fingerprint density at radius 3 is 2.36 bits per heavy atom. The van der Waals surface area contributed by atoms with Gasteiger partial charge in [-0.2, -0.15) is 0 Å². The van der Waals surface area contributed by atoms with Crippen LogP contribution >= 0.6 is 0 Å². The Bertz CT molecular complexity index is 680. The number of aryl methyl sites for hydroxylation is 3. The quantitative estimate of drug-likeness (QED) is 0.705. The van der Waals surface area contributed by atoms with E-state index in [0.29, 0.717) is 13.2 Å². The number of carbonyl (C=O) groups is 1. The molecule has 0 saturated heterocycles. The van der Waals surface area contributed by atoms with Gasteiger partial charge in [0.1, 0.15) is 11.5 Å². The Labute approximate surface area is 150 Å². The van der Waals surface area contributed by atoms with Crippen molar-refractivity contribution in [1.29, 1.82) is 0 Å². The van der Waals surface area contributed by atoms with E-state index >= 15 is 0 Å². The minimum Gasteiger partial charge on any atom is -0.494 e. The van der Waals surface area contributed by atoms with Gasteiger partial charge in [0.05, 0.1) is 6.61 Å². The molecule has 0 radical (unpaired) electrons. The Hall–Kier alpha value is -2.49. The van der Waals surface area contributed by atoms with E-state index < -0.39 is 0 Å². The maximum Gasteiger partial charge on any atom is 0.257 e. The maximum atomic E-state index is 11.8. The van der Waals surface area contributed by atoms with Crippen LogP contribution in [-0.2, 0) is 11.2 Å². The van der Waals surface area contributed by atoms with Gasteiger partial charge in [0.25, 0.3) is 5.91 Å². The summed E-state index contributed by atoms with van der Waals surface area (Å²) in [4.78, 5) is 11.8. The summed E-state index contributed by atoms with van der Waals surface area (Å²) < 4.78 is 11.0. The van der Waals surface area contributed by atoms with Gasteiger partial charge in [-0.15, -0.1) is 0 Å². The number of nitrogens with one attached hydrogen (secondary N) is 1. The van der Waals surface area contributed by atoms with Gasteiger partial charge in [0, 0.05) is 6.54 Å². The van der Waals surface area contributed by atoms with Crippen molar-refractivity contribution in [3.63, 3.8) is 0 Å². The minimum atomic E-state index is -0.0927. The third kappa shape index (κ3) is 6.49. The van der Waals surface area contributed by atoms with Crippen LogP contribution in [0, 0.1) is 13.8 Å². The van der Waals surface area contributed by atoms with E-state index in [1.165, 1.54) is 11.1 Å². The van der Waals surface area contributed by atoms with Crippen molar-refractivity contribution in [1.82, 2.24) is 5.32 Å². The zero-order valence-corrected chi connectivity index (χ0v) is 15.3. The topological polar surface area (TPSA) is 47.6 Å². The second-order valence-corrected chi connectivity index (χ2v) is 6.07. The summed E-state index contributed by atoms with van der Waals surface area (Å²) in [6.07, 6.45) is 1.81. The smallest absolute Gasteiger partial charge is 0.257 e. The number of benzene rings is 2. The van der Waals surface area contributed by atoms with Gasteiger partial charge >= 0.3 is 0 Å². The van der Waals surface area contributed by atoms with Crippen LogP contribution in [0.1, 0.15) is 30.0 Å². The molecule has 0 aliphatic carbocycles. The van der Waals surface area contributed by atoms with Gasteiger partial charge in [-0.1, -0.05) is 18.2 Å². The number of rotatable bonds is 9. The first-order valence-electron chi connectivity index (χ1n) is 8.77. The summed E-state index contributed by atoms with van der Waals surface area (Å²) in [5.41, 5.74) is 3.61. The summed E-state index contributed by atoms with van der Waals surface area (Å²) in [6.45, 7) is 7.42. The predicted molar refractivity (Wildman–Crippen MR) is 100 cm³/mol. The van der Waals surface area contributed by atoms with Crippen LogP contribution < -0.4 is 14.8 Å². The van der Waals surface area contributed by atoms with Gasteiger partial charge in [0.15, 0.2) is 6.61 Å². The fourth-order valence-corrected chi connectivity index (χ4v) is 2.44. The monoisotopic (exact) mass is 341 g/mol. The molecule has 0 aromatic heterocycles. The van der Waals surface area contributed by atoms with Crippen LogP contribution in [0.4, 0.5) is 0 Å². The van der Waals surface area contributed by atoms with E-state index in [9.17, 15) is 4.79 Å². The van der Waals surface area contributed by atoms with Crippen LogP contribution in [0.15, 0.2) is 42.5 Å². The van der Waals surface area contributed by atoms with Crippen molar-refractivity contribution in [3.8, 4) is 11.5 Å². The molecule has 2 aromatic rings. The van der Waals surface area contributed by atoms with Crippen molar-refractivity contribution in [2.45, 2.75) is 33.6 Å². The lowest BCUT2D eigenvalue weighted by Crippen LogP contribution is -2.29. The van der Waals surface area contributed by atoms with E-state index in [-0.39, 0.29) is 12.5 Å². The normalized spacial score (nSPS) is 10.4. The fraction of sp³-hybridized carbons (Fsp3) is 0.381. The highest BCUT2D eigenvalue weighted by atomic mass is 16.5. The maximum absolute atomic E-state index is 11.8. The molecule has 1 N–H and O–H groups in total. The van der Waals surface area contributed by atoms with Crippen molar-refractivity contribution < 1.29 is 14.3 Å². The molecule has 0 aliphatic heterocycles. The number of hydrogen-bond donors (Lipinski definition) is 1. The van der Waals surface area contributed by atoms with Gasteiger partial charge in [-0.25, -0.2) is 0 Å². The Balaban J connectivity index is 1.64. The first kappa shape index (κ1) is 18.8. The summed E-state index contributed by atoms with van der Waals surface area (Å²) in [6, 6.07) is 13.9. The molecule has 0 unspecified atom stereocenters. The van der Waals surface area contributed by atoms with Crippen LogP contribution in [0.25, 0.3) is 0 Å². The van der Waals surface area contributed by atoms with Crippen molar-refractivity contribution in [2.24, 2.45) is 0 Å². The molecule has 0 aliphatic rings. The van der Waals surface area contributed by atoms with Gasteiger partial charge in [0.2, 0.25) is 0 Å². The lowest BCUT2D eigenvalue weighted by atomic mass is 10.1. The molecule has 4 heteroatoms. The minimum absolute atomic E-state index is 0.0472. The van der Waals surface area contributed by atoms with Crippen molar-refractivity contribution in [3.05, 3.63) is 59.2 Å². The van der Waals surface area contributed by atoms with Crippen LogP contribution in [0.2, 0.25) is 0 Å². The van der Waals surface area contributed by atoms with E-state index in [1.807, 2.05) is 44.2 Å². The largest absolute Gasteiger partial charge is 0.494 e. The summed E-state index contributed by atoms with van der Waals surface area (Å²) >= 11 is 0. The highest BCUT2D eigenvalue weighted by molar-refractivity contribution is 5.77. The molecule has 0 fully saturated rings. The highest BCUT2D eigenvalue weighted by Crippen LogP contribution is 2.16. The first-order valence-corrected chi connectivity index (χ1v) is 8.77. The van der Waals surface area contributed by atoms with E-state index in [4.69, 9.17) is 9.47 Å². The molecule has 134 valence electrons. The summed E-state index contributed by atoms with van der Waals surface area (Å²) in [7, 11) is 0. The molecule has 0 heterocycles. The van der Waals surface area contributed by atoms with Crippen molar-refractivity contribution >= 4 is 5.91 Å². The Morgan fingerprint density at radius 2 is 1.68 bits per heavy atom. The number of hydrogen-bond acceptors (Lipinski definition) is 3. The van der Waals surface area contributed by atoms with Gasteiger partial charge in [-0.05, 0) is 74.6 Å². The van der Waals surface area contributed by atoms with Gasteiger partial charge < -0.3 is 14.8 Å². The molecule has 0 atom stereocenters. The first-order chi connectivity index (χ1) is 12.1. The standard InChI is InChI=1S/C21H27NO3/c1-4-24-19-11-8-18(9-12-19)6-5-13-22-21(23)15-25-20-10-7-16(2)17(3)14-20/h7-12,14H,4-6,13,15H2,1-3H3,(H,22,23).